The van der Waals surface area contributed by atoms with Gasteiger partial charge in [0, 0.05) is 16.6 Å². The maximum absolute atomic E-state index is 13.2. The normalized spacial score (nSPS) is 12.3. The van der Waals surface area contributed by atoms with Crippen LogP contribution in [-0.2, 0) is 0 Å². The van der Waals surface area contributed by atoms with Gasteiger partial charge < -0.3 is 10.5 Å². The van der Waals surface area contributed by atoms with Crippen molar-refractivity contribution in [2.75, 3.05) is 0 Å². The number of hydrogen-bond donors (Lipinski definition) is 1. The molecule has 1 atom stereocenters. The minimum Gasteiger partial charge on any atom is -0.456 e. The van der Waals surface area contributed by atoms with Crippen LogP contribution in [0.3, 0.4) is 0 Å². The van der Waals surface area contributed by atoms with Gasteiger partial charge in [-0.25, -0.2) is 4.39 Å². The quantitative estimate of drug-likeness (QED) is 0.787. The average molecular weight is 389 g/mol. The number of halogens is 3. The molecule has 0 saturated carbocycles. The molecule has 0 amide bonds. The van der Waals surface area contributed by atoms with E-state index in [2.05, 4.69) is 31.9 Å². The van der Waals surface area contributed by atoms with Crippen LogP contribution in [0, 0.1) is 5.82 Å². The molecule has 0 saturated heterocycles. The predicted molar refractivity (Wildman–Crippen MR) is 80.9 cm³/mol. The highest BCUT2D eigenvalue weighted by atomic mass is 79.9. The summed E-state index contributed by atoms with van der Waals surface area (Å²) in [5.41, 5.74) is 6.82. The van der Waals surface area contributed by atoms with Crippen LogP contribution in [0.1, 0.15) is 18.5 Å². The van der Waals surface area contributed by atoms with E-state index in [1.807, 2.05) is 19.1 Å². The molecular formula is C14H12Br2FNO. The van der Waals surface area contributed by atoms with Crippen molar-refractivity contribution in [3.8, 4) is 11.5 Å². The van der Waals surface area contributed by atoms with E-state index in [0.29, 0.717) is 16.0 Å². The lowest BCUT2D eigenvalue weighted by Crippen LogP contribution is -2.05. The molecule has 0 aliphatic heterocycles. The number of benzene rings is 2. The van der Waals surface area contributed by atoms with Gasteiger partial charge >= 0.3 is 0 Å². The molecule has 2 rings (SSSR count). The van der Waals surface area contributed by atoms with E-state index < -0.39 is 0 Å². The van der Waals surface area contributed by atoms with Gasteiger partial charge in [-0.05, 0) is 52.7 Å². The van der Waals surface area contributed by atoms with E-state index in [4.69, 9.17) is 10.5 Å². The lowest BCUT2D eigenvalue weighted by atomic mass is 10.1. The van der Waals surface area contributed by atoms with Crippen molar-refractivity contribution in [3.63, 3.8) is 0 Å². The highest BCUT2D eigenvalue weighted by molar-refractivity contribution is 9.10. The van der Waals surface area contributed by atoms with Crippen molar-refractivity contribution in [2.45, 2.75) is 13.0 Å². The van der Waals surface area contributed by atoms with Gasteiger partial charge in [0.1, 0.15) is 17.3 Å². The fourth-order valence-corrected chi connectivity index (χ4v) is 2.67. The van der Waals surface area contributed by atoms with Gasteiger partial charge in [-0.2, -0.15) is 0 Å². The Morgan fingerprint density at radius 1 is 1.11 bits per heavy atom. The van der Waals surface area contributed by atoms with Crippen LogP contribution in [0.5, 0.6) is 11.5 Å². The second-order valence-corrected chi connectivity index (χ2v) is 5.86. The standard InChI is InChI=1S/C14H12Br2FNO/c1-8(18)11-4-3-10(7-13(11)16)19-14-6-9(17)2-5-12(14)15/h2-8H,18H2,1H3. The summed E-state index contributed by atoms with van der Waals surface area (Å²) >= 11 is 6.77. The molecule has 0 radical (unpaired) electrons. The van der Waals surface area contributed by atoms with Crippen LogP contribution in [0.2, 0.25) is 0 Å². The molecule has 0 aliphatic rings. The minimum atomic E-state index is -0.343. The van der Waals surface area contributed by atoms with Gasteiger partial charge in [-0.15, -0.1) is 0 Å². The summed E-state index contributed by atoms with van der Waals surface area (Å²) in [7, 11) is 0. The lowest BCUT2D eigenvalue weighted by Gasteiger charge is -2.12. The van der Waals surface area contributed by atoms with Gasteiger partial charge in [-0.3, -0.25) is 0 Å². The van der Waals surface area contributed by atoms with E-state index in [0.717, 1.165) is 10.0 Å². The molecule has 0 spiro atoms. The molecular weight excluding hydrogens is 377 g/mol. The first-order valence-electron chi connectivity index (χ1n) is 5.65. The molecule has 2 aromatic rings. The Morgan fingerprint density at radius 3 is 2.47 bits per heavy atom. The van der Waals surface area contributed by atoms with Gasteiger partial charge in [0.25, 0.3) is 0 Å². The molecule has 19 heavy (non-hydrogen) atoms. The Kier molecular flexibility index (Phi) is 4.60. The zero-order chi connectivity index (χ0) is 14.0. The van der Waals surface area contributed by atoms with Crippen molar-refractivity contribution in [3.05, 3.63) is 56.7 Å². The van der Waals surface area contributed by atoms with Crippen molar-refractivity contribution in [1.82, 2.24) is 0 Å². The average Bonchev–Trinajstić information content (AvgIpc) is 2.33. The number of rotatable bonds is 3. The summed E-state index contributed by atoms with van der Waals surface area (Å²) in [6.07, 6.45) is 0. The minimum absolute atomic E-state index is 0.0654. The molecule has 0 aliphatic carbocycles. The van der Waals surface area contributed by atoms with E-state index in [1.54, 1.807) is 12.1 Å². The summed E-state index contributed by atoms with van der Waals surface area (Å²) in [6.45, 7) is 1.91. The number of nitrogens with two attached hydrogens (primary N) is 1. The van der Waals surface area contributed by atoms with Crippen molar-refractivity contribution >= 4 is 31.9 Å². The van der Waals surface area contributed by atoms with Crippen molar-refractivity contribution < 1.29 is 9.13 Å². The molecule has 2 aromatic carbocycles. The molecule has 1 unspecified atom stereocenters. The van der Waals surface area contributed by atoms with Crippen LogP contribution in [0.25, 0.3) is 0 Å². The number of ether oxygens (including phenoxy) is 1. The zero-order valence-electron chi connectivity index (χ0n) is 10.2. The summed E-state index contributed by atoms with van der Waals surface area (Å²) < 4.78 is 20.4. The molecule has 0 aromatic heterocycles. The van der Waals surface area contributed by atoms with Crippen LogP contribution < -0.4 is 10.5 Å². The first kappa shape index (κ1) is 14.5. The first-order chi connectivity index (χ1) is 8.97. The smallest absolute Gasteiger partial charge is 0.144 e. The Bertz CT molecular complexity index is 602. The Morgan fingerprint density at radius 2 is 1.84 bits per heavy atom. The third-order valence-electron chi connectivity index (χ3n) is 2.58. The largest absolute Gasteiger partial charge is 0.456 e. The van der Waals surface area contributed by atoms with E-state index in [1.165, 1.54) is 12.1 Å². The topological polar surface area (TPSA) is 35.2 Å². The molecule has 100 valence electrons. The Labute approximate surface area is 128 Å². The van der Waals surface area contributed by atoms with Crippen molar-refractivity contribution in [2.24, 2.45) is 5.73 Å². The fourth-order valence-electron chi connectivity index (χ4n) is 1.62. The van der Waals surface area contributed by atoms with E-state index >= 15 is 0 Å². The summed E-state index contributed by atoms with van der Waals surface area (Å²) in [6, 6.07) is 9.75. The maximum Gasteiger partial charge on any atom is 0.144 e. The monoisotopic (exact) mass is 387 g/mol. The van der Waals surface area contributed by atoms with Crippen molar-refractivity contribution in [1.29, 1.82) is 0 Å². The highest BCUT2D eigenvalue weighted by Gasteiger charge is 2.09. The van der Waals surface area contributed by atoms with Gasteiger partial charge in [-0.1, -0.05) is 22.0 Å². The highest BCUT2D eigenvalue weighted by Crippen LogP contribution is 2.33. The van der Waals surface area contributed by atoms with Gasteiger partial charge in [0.05, 0.1) is 4.47 Å². The third-order valence-corrected chi connectivity index (χ3v) is 3.93. The Hall–Kier alpha value is -0.910. The van der Waals surface area contributed by atoms with Crippen LogP contribution >= 0.6 is 31.9 Å². The van der Waals surface area contributed by atoms with Crippen LogP contribution in [-0.4, -0.2) is 0 Å². The van der Waals surface area contributed by atoms with Gasteiger partial charge in [0.2, 0.25) is 0 Å². The lowest BCUT2D eigenvalue weighted by molar-refractivity contribution is 0.473. The zero-order valence-corrected chi connectivity index (χ0v) is 13.3. The fraction of sp³-hybridized carbons (Fsp3) is 0.143. The number of hydrogen-bond acceptors (Lipinski definition) is 2. The van der Waals surface area contributed by atoms with Crippen LogP contribution in [0.15, 0.2) is 45.3 Å². The predicted octanol–water partition coefficient (Wildman–Crippen LogP) is 5.16. The second kappa shape index (κ2) is 6.03. The Balaban J connectivity index is 2.29. The molecule has 2 N–H and O–H groups in total. The van der Waals surface area contributed by atoms with E-state index in [9.17, 15) is 4.39 Å². The molecule has 2 nitrogen and oxygen atoms in total. The molecule has 0 fully saturated rings. The molecule has 0 bridgehead atoms. The third kappa shape index (κ3) is 3.55. The van der Waals surface area contributed by atoms with E-state index in [-0.39, 0.29) is 11.9 Å². The SMILES string of the molecule is CC(N)c1ccc(Oc2cc(F)ccc2Br)cc1Br. The summed E-state index contributed by atoms with van der Waals surface area (Å²) in [5.74, 6) is 0.701. The maximum atomic E-state index is 13.2. The summed E-state index contributed by atoms with van der Waals surface area (Å²) in [4.78, 5) is 0. The second-order valence-electron chi connectivity index (χ2n) is 4.15. The summed E-state index contributed by atoms with van der Waals surface area (Å²) in [5, 5.41) is 0. The molecule has 0 heterocycles. The molecule has 5 heteroatoms. The first-order valence-corrected chi connectivity index (χ1v) is 7.24. The van der Waals surface area contributed by atoms with Gasteiger partial charge in [0.15, 0.2) is 0 Å². The van der Waals surface area contributed by atoms with Crippen LogP contribution in [0.4, 0.5) is 4.39 Å².